The van der Waals surface area contributed by atoms with Crippen LogP contribution in [0, 0.1) is 0 Å². The van der Waals surface area contributed by atoms with Gasteiger partial charge in [-0.2, -0.15) is 0 Å². The van der Waals surface area contributed by atoms with Crippen molar-refractivity contribution in [3.05, 3.63) is 58.6 Å². The first-order chi connectivity index (χ1) is 9.67. The van der Waals surface area contributed by atoms with E-state index in [9.17, 15) is 4.79 Å². The van der Waals surface area contributed by atoms with Crippen molar-refractivity contribution in [3.63, 3.8) is 0 Å². The number of benzene rings is 2. The van der Waals surface area contributed by atoms with Crippen LogP contribution in [0.3, 0.4) is 0 Å². The van der Waals surface area contributed by atoms with Crippen molar-refractivity contribution in [3.8, 4) is 5.75 Å². The number of methoxy groups -OCH3 is 1. The van der Waals surface area contributed by atoms with Crippen LogP contribution in [0.4, 0.5) is 5.69 Å². The van der Waals surface area contributed by atoms with Gasteiger partial charge in [-0.15, -0.1) is 0 Å². The number of ether oxygens (including phenoxy) is 1. The van der Waals surface area contributed by atoms with E-state index in [1.165, 1.54) is 0 Å². The number of rotatable bonds is 5. The number of nitrogens with zero attached hydrogens (tertiary/aromatic N) is 1. The number of carbonyl (C=O) groups excluding carboxylic acids is 1. The van der Waals surface area contributed by atoms with Crippen molar-refractivity contribution < 1.29 is 9.53 Å². The molecule has 20 heavy (non-hydrogen) atoms. The van der Waals surface area contributed by atoms with Crippen molar-refractivity contribution in [2.24, 2.45) is 0 Å². The molecule has 0 unspecified atom stereocenters. The summed E-state index contributed by atoms with van der Waals surface area (Å²) in [6.45, 7) is 0.630. The van der Waals surface area contributed by atoms with Gasteiger partial charge in [0, 0.05) is 24.8 Å². The van der Waals surface area contributed by atoms with Crippen LogP contribution in [-0.4, -0.2) is 20.4 Å². The monoisotopic (exact) mass is 289 g/mol. The second-order valence-corrected chi connectivity index (χ2v) is 4.87. The molecule has 4 heteroatoms. The highest BCUT2D eigenvalue weighted by atomic mass is 35.5. The molecule has 0 aromatic heterocycles. The normalized spacial score (nSPS) is 10.2. The van der Waals surface area contributed by atoms with Crippen LogP contribution < -0.4 is 9.64 Å². The van der Waals surface area contributed by atoms with Gasteiger partial charge in [-0.05, 0) is 18.2 Å². The first kappa shape index (κ1) is 14.4. The molecule has 2 rings (SSSR count). The van der Waals surface area contributed by atoms with E-state index in [1.54, 1.807) is 13.2 Å². The van der Waals surface area contributed by atoms with Gasteiger partial charge in [0.05, 0.1) is 17.7 Å². The molecule has 0 aliphatic carbocycles. The Morgan fingerprint density at radius 3 is 2.65 bits per heavy atom. The van der Waals surface area contributed by atoms with Crippen molar-refractivity contribution in [1.82, 2.24) is 0 Å². The predicted molar refractivity (Wildman–Crippen MR) is 81.9 cm³/mol. The van der Waals surface area contributed by atoms with Gasteiger partial charge in [0.1, 0.15) is 5.75 Å². The minimum atomic E-state index is 0.462. The van der Waals surface area contributed by atoms with Crippen molar-refractivity contribution in [2.45, 2.75) is 6.54 Å². The van der Waals surface area contributed by atoms with Gasteiger partial charge in [-0.3, -0.25) is 4.79 Å². The lowest BCUT2D eigenvalue weighted by Crippen LogP contribution is -2.18. The molecule has 0 aliphatic rings. The molecule has 0 radical (unpaired) electrons. The molecule has 104 valence electrons. The van der Waals surface area contributed by atoms with Crippen LogP contribution in [0.1, 0.15) is 15.9 Å². The maximum absolute atomic E-state index is 11.2. The fourth-order valence-corrected chi connectivity index (χ4v) is 2.36. The van der Waals surface area contributed by atoms with Crippen molar-refractivity contribution in [1.29, 1.82) is 0 Å². The van der Waals surface area contributed by atoms with Gasteiger partial charge in [0.25, 0.3) is 0 Å². The number of anilines is 1. The quantitative estimate of drug-likeness (QED) is 0.784. The molecule has 0 amide bonds. The van der Waals surface area contributed by atoms with Crippen LogP contribution in [0.5, 0.6) is 5.75 Å². The summed E-state index contributed by atoms with van der Waals surface area (Å²) in [6, 6.07) is 13.2. The lowest BCUT2D eigenvalue weighted by atomic mass is 10.1. The van der Waals surface area contributed by atoms with Gasteiger partial charge in [0.2, 0.25) is 0 Å². The van der Waals surface area contributed by atoms with E-state index in [0.29, 0.717) is 17.1 Å². The predicted octanol–water partition coefficient (Wildman–Crippen LogP) is 3.80. The van der Waals surface area contributed by atoms with Gasteiger partial charge in [-0.1, -0.05) is 35.9 Å². The molecule has 0 heterocycles. The number of para-hydroxylation sites is 1. The maximum Gasteiger partial charge on any atom is 0.153 e. The zero-order valence-electron chi connectivity index (χ0n) is 11.5. The summed E-state index contributed by atoms with van der Waals surface area (Å²) in [5, 5.41) is 0.462. The number of halogens is 1. The molecule has 0 saturated carbocycles. The first-order valence-electron chi connectivity index (χ1n) is 6.24. The Bertz CT molecular complexity index is 613. The summed E-state index contributed by atoms with van der Waals surface area (Å²) in [5.41, 5.74) is 2.36. The van der Waals surface area contributed by atoms with E-state index >= 15 is 0 Å². The van der Waals surface area contributed by atoms with E-state index < -0.39 is 0 Å². The highest BCUT2D eigenvalue weighted by molar-refractivity contribution is 6.33. The third-order valence-corrected chi connectivity index (χ3v) is 3.49. The average Bonchev–Trinajstić information content (AvgIpc) is 2.47. The molecular weight excluding hydrogens is 274 g/mol. The Morgan fingerprint density at radius 1 is 1.20 bits per heavy atom. The number of hydrogen-bond acceptors (Lipinski definition) is 3. The zero-order valence-corrected chi connectivity index (χ0v) is 12.2. The number of hydrogen-bond donors (Lipinski definition) is 0. The number of carbonyl (C=O) groups is 1. The number of aldehydes is 1. The van der Waals surface area contributed by atoms with Crippen LogP contribution in [0.15, 0.2) is 42.5 Å². The summed E-state index contributed by atoms with van der Waals surface area (Å²) in [5.74, 6) is 0.828. The van der Waals surface area contributed by atoms with Crippen molar-refractivity contribution in [2.75, 3.05) is 19.1 Å². The minimum absolute atomic E-state index is 0.462. The molecule has 2 aromatic rings. The lowest BCUT2D eigenvalue weighted by Gasteiger charge is -2.22. The molecule has 2 aromatic carbocycles. The molecule has 0 spiro atoms. The SMILES string of the molecule is COc1ccccc1CN(C)c1cccc(Cl)c1C=O. The Labute approximate surface area is 123 Å². The van der Waals surface area contributed by atoms with E-state index in [-0.39, 0.29) is 0 Å². The largest absolute Gasteiger partial charge is 0.496 e. The Hall–Kier alpha value is -2.00. The topological polar surface area (TPSA) is 29.5 Å². The third kappa shape index (κ3) is 2.94. The van der Waals surface area contributed by atoms with Crippen LogP contribution in [-0.2, 0) is 6.54 Å². The molecule has 0 saturated heterocycles. The van der Waals surface area contributed by atoms with Crippen LogP contribution in [0.2, 0.25) is 5.02 Å². The van der Waals surface area contributed by atoms with E-state index in [2.05, 4.69) is 0 Å². The Morgan fingerprint density at radius 2 is 1.95 bits per heavy atom. The second-order valence-electron chi connectivity index (χ2n) is 4.46. The molecule has 0 fully saturated rings. The zero-order chi connectivity index (χ0) is 14.5. The third-order valence-electron chi connectivity index (χ3n) is 3.16. The Balaban J connectivity index is 2.31. The molecule has 0 aliphatic heterocycles. The minimum Gasteiger partial charge on any atom is -0.496 e. The Kier molecular flexibility index (Phi) is 4.64. The van der Waals surface area contributed by atoms with Crippen molar-refractivity contribution >= 4 is 23.6 Å². The summed E-state index contributed by atoms with van der Waals surface area (Å²) >= 11 is 6.05. The molecule has 0 bridgehead atoms. The average molecular weight is 290 g/mol. The standard InChI is InChI=1S/C16H16ClNO2/c1-18(10-12-6-3-4-9-16(12)20-2)15-8-5-7-14(17)13(15)11-19/h3-9,11H,10H2,1-2H3. The van der Waals surface area contributed by atoms with E-state index in [4.69, 9.17) is 16.3 Å². The van der Waals surface area contributed by atoms with Gasteiger partial charge in [0.15, 0.2) is 6.29 Å². The maximum atomic E-state index is 11.2. The highest BCUT2D eigenvalue weighted by Gasteiger charge is 2.12. The summed E-state index contributed by atoms with van der Waals surface area (Å²) < 4.78 is 5.34. The first-order valence-corrected chi connectivity index (χ1v) is 6.62. The summed E-state index contributed by atoms with van der Waals surface area (Å²) in [6.07, 6.45) is 0.788. The molecule has 3 nitrogen and oxygen atoms in total. The van der Waals surface area contributed by atoms with Gasteiger partial charge >= 0.3 is 0 Å². The van der Waals surface area contributed by atoms with Gasteiger partial charge < -0.3 is 9.64 Å². The van der Waals surface area contributed by atoms with E-state index in [1.807, 2.05) is 48.3 Å². The van der Waals surface area contributed by atoms with E-state index in [0.717, 1.165) is 23.3 Å². The highest BCUT2D eigenvalue weighted by Crippen LogP contribution is 2.27. The van der Waals surface area contributed by atoms with Crippen LogP contribution >= 0.6 is 11.6 Å². The fraction of sp³-hybridized carbons (Fsp3) is 0.188. The van der Waals surface area contributed by atoms with Crippen LogP contribution in [0.25, 0.3) is 0 Å². The summed E-state index contributed by atoms with van der Waals surface area (Å²) in [7, 11) is 3.57. The molecular formula is C16H16ClNO2. The van der Waals surface area contributed by atoms with Gasteiger partial charge in [-0.25, -0.2) is 0 Å². The lowest BCUT2D eigenvalue weighted by molar-refractivity contribution is 0.112. The molecule has 0 N–H and O–H groups in total. The molecule has 0 atom stereocenters. The second kappa shape index (κ2) is 6.44. The fourth-order valence-electron chi connectivity index (χ4n) is 2.15. The smallest absolute Gasteiger partial charge is 0.153 e. The summed E-state index contributed by atoms with van der Waals surface area (Å²) in [4.78, 5) is 13.2.